The number of hydrogen-bond acceptors (Lipinski definition) is 0. The van der Waals surface area contributed by atoms with Crippen LogP contribution >= 0.6 is 23.2 Å². The Labute approximate surface area is 101 Å². The predicted octanol–water partition coefficient (Wildman–Crippen LogP) is 4.74. The van der Waals surface area contributed by atoms with Gasteiger partial charge in [0.15, 0.2) is 0 Å². The third-order valence-corrected chi connectivity index (χ3v) is 2.85. The third kappa shape index (κ3) is 2.18. The van der Waals surface area contributed by atoms with Crippen LogP contribution in [0.5, 0.6) is 0 Å². The molecular weight excluding hydrogens is 253 g/mol. The van der Waals surface area contributed by atoms with Gasteiger partial charge in [0.2, 0.25) is 0 Å². The molecule has 0 bridgehead atoms. The van der Waals surface area contributed by atoms with Crippen molar-refractivity contribution in [3.63, 3.8) is 0 Å². The van der Waals surface area contributed by atoms with Gasteiger partial charge >= 0.3 is 0 Å². The maximum atomic E-state index is 13.0. The lowest BCUT2D eigenvalue weighted by atomic mass is 10.1. The number of hydrogen-bond donors (Lipinski definition) is 0. The Morgan fingerprint density at radius 2 is 1.62 bits per heavy atom. The molecule has 0 amide bonds. The fourth-order valence-corrected chi connectivity index (χ4v) is 1.78. The molecule has 0 aromatic heterocycles. The molecule has 0 unspecified atom stereocenters. The average molecular weight is 258 g/mol. The third-order valence-electron chi connectivity index (χ3n) is 2.06. The second kappa shape index (κ2) is 4.40. The van der Waals surface area contributed by atoms with Crippen molar-refractivity contribution in [2.75, 3.05) is 0 Å². The molecule has 0 heterocycles. The van der Waals surface area contributed by atoms with E-state index in [1.54, 1.807) is 12.1 Å². The van der Waals surface area contributed by atoms with Crippen molar-refractivity contribution >= 4 is 23.2 Å². The molecule has 0 atom stereocenters. The normalized spacial score (nSPS) is 10.5. The molecule has 81 valence electrons. The molecule has 16 heavy (non-hydrogen) atoms. The molecule has 0 spiro atoms. The first-order valence-corrected chi connectivity index (χ1v) is 5.15. The molecule has 0 aliphatic carbocycles. The average Bonchev–Trinajstić information content (AvgIpc) is 2.20. The minimum absolute atomic E-state index is 0.226. The first-order valence-electron chi connectivity index (χ1n) is 4.40. The van der Waals surface area contributed by atoms with Crippen molar-refractivity contribution < 1.29 is 8.78 Å². The molecule has 0 N–H and O–H groups in total. The van der Waals surface area contributed by atoms with Crippen LogP contribution in [0.4, 0.5) is 8.78 Å². The molecule has 2 aromatic rings. The summed E-state index contributed by atoms with van der Waals surface area (Å²) < 4.78 is 26.0. The lowest BCUT2D eigenvalue weighted by Gasteiger charge is -2.06. The van der Waals surface area contributed by atoms with Gasteiger partial charge in [-0.05, 0) is 17.7 Å². The zero-order chi connectivity index (χ0) is 11.7. The van der Waals surface area contributed by atoms with Crippen molar-refractivity contribution in [3.8, 4) is 11.1 Å². The summed E-state index contributed by atoms with van der Waals surface area (Å²) in [6.45, 7) is 0. The molecular formula is C12H5Cl2F2. The standard InChI is InChI=1S/C12H5Cl2F2/c13-11-3-1-2-10(12(11)14)7-4-8(15)6-9(16)5-7/h1-2,4-6H. The van der Waals surface area contributed by atoms with E-state index in [0.29, 0.717) is 11.1 Å². The molecule has 2 aromatic carbocycles. The molecule has 0 aliphatic heterocycles. The maximum absolute atomic E-state index is 13.0. The summed E-state index contributed by atoms with van der Waals surface area (Å²) in [5, 5.41) is 0.456. The summed E-state index contributed by atoms with van der Waals surface area (Å²) in [7, 11) is 0. The molecule has 4 heteroatoms. The summed E-state index contributed by atoms with van der Waals surface area (Å²) in [5.41, 5.74) is 0.821. The Kier molecular flexibility index (Phi) is 3.13. The van der Waals surface area contributed by atoms with E-state index < -0.39 is 11.6 Å². The lowest BCUT2D eigenvalue weighted by molar-refractivity contribution is 0.584. The van der Waals surface area contributed by atoms with Crippen LogP contribution in [-0.4, -0.2) is 0 Å². The highest BCUT2D eigenvalue weighted by atomic mass is 35.5. The fraction of sp³-hybridized carbons (Fsp3) is 0. The molecule has 0 fully saturated rings. The monoisotopic (exact) mass is 257 g/mol. The van der Waals surface area contributed by atoms with Gasteiger partial charge in [0, 0.05) is 17.7 Å². The number of benzene rings is 2. The zero-order valence-corrected chi connectivity index (χ0v) is 9.41. The van der Waals surface area contributed by atoms with Crippen LogP contribution in [0.25, 0.3) is 11.1 Å². The zero-order valence-electron chi connectivity index (χ0n) is 7.90. The minimum Gasteiger partial charge on any atom is -0.207 e. The van der Waals surface area contributed by atoms with Gasteiger partial charge in [-0.1, -0.05) is 35.3 Å². The van der Waals surface area contributed by atoms with Gasteiger partial charge in [0.25, 0.3) is 0 Å². The quantitative estimate of drug-likeness (QED) is 0.693. The van der Waals surface area contributed by atoms with Crippen molar-refractivity contribution in [3.05, 3.63) is 58.1 Å². The van der Waals surface area contributed by atoms with E-state index in [1.807, 2.05) is 0 Å². The molecule has 0 saturated heterocycles. The van der Waals surface area contributed by atoms with Gasteiger partial charge in [0.1, 0.15) is 11.6 Å². The van der Waals surface area contributed by atoms with Crippen molar-refractivity contribution in [2.45, 2.75) is 0 Å². The summed E-state index contributed by atoms with van der Waals surface area (Å²) in [4.78, 5) is 0. The molecule has 1 radical (unpaired) electrons. The van der Waals surface area contributed by atoms with Gasteiger partial charge in [-0.25, -0.2) is 8.78 Å². The molecule has 2 rings (SSSR count). The van der Waals surface area contributed by atoms with Crippen LogP contribution in [0.2, 0.25) is 10.0 Å². The SMILES string of the molecule is Fc1cc(F)cc(-c2cc[c]c(Cl)c2Cl)c1. The minimum atomic E-state index is -0.657. The Balaban J connectivity index is 2.63. The lowest BCUT2D eigenvalue weighted by Crippen LogP contribution is -1.85. The van der Waals surface area contributed by atoms with Crippen LogP contribution in [0.3, 0.4) is 0 Å². The van der Waals surface area contributed by atoms with E-state index in [1.165, 1.54) is 12.1 Å². The fourth-order valence-electron chi connectivity index (χ4n) is 1.39. The highest BCUT2D eigenvalue weighted by Crippen LogP contribution is 2.33. The maximum Gasteiger partial charge on any atom is 0.126 e. The summed E-state index contributed by atoms with van der Waals surface area (Å²) in [6.07, 6.45) is 0. The topological polar surface area (TPSA) is 0 Å². The smallest absolute Gasteiger partial charge is 0.126 e. The highest BCUT2D eigenvalue weighted by molar-refractivity contribution is 6.43. The van der Waals surface area contributed by atoms with E-state index in [2.05, 4.69) is 6.07 Å². The Morgan fingerprint density at radius 3 is 2.25 bits per heavy atom. The van der Waals surface area contributed by atoms with Gasteiger partial charge in [0.05, 0.1) is 10.0 Å². The van der Waals surface area contributed by atoms with Crippen molar-refractivity contribution in [1.82, 2.24) is 0 Å². The second-order valence-corrected chi connectivity index (χ2v) is 3.93. The van der Waals surface area contributed by atoms with E-state index in [9.17, 15) is 8.78 Å². The number of halogens is 4. The molecule has 0 aliphatic rings. The van der Waals surface area contributed by atoms with Gasteiger partial charge in [-0.15, -0.1) is 0 Å². The van der Waals surface area contributed by atoms with E-state index in [0.717, 1.165) is 6.07 Å². The molecule has 0 saturated carbocycles. The van der Waals surface area contributed by atoms with Crippen molar-refractivity contribution in [1.29, 1.82) is 0 Å². The van der Waals surface area contributed by atoms with Crippen LogP contribution in [0.15, 0.2) is 30.3 Å². The Bertz CT molecular complexity index is 518. The van der Waals surface area contributed by atoms with Gasteiger partial charge < -0.3 is 0 Å². The first-order chi connectivity index (χ1) is 7.58. The molecule has 0 nitrogen and oxygen atoms in total. The van der Waals surface area contributed by atoms with Gasteiger partial charge in [-0.3, -0.25) is 0 Å². The van der Waals surface area contributed by atoms with E-state index >= 15 is 0 Å². The van der Waals surface area contributed by atoms with Gasteiger partial charge in [-0.2, -0.15) is 0 Å². The van der Waals surface area contributed by atoms with Crippen LogP contribution in [-0.2, 0) is 0 Å². The second-order valence-electron chi connectivity index (χ2n) is 3.18. The first kappa shape index (κ1) is 11.4. The summed E-state index contributed by atoms with van der Waals surface area (Å²) >= 11 is 11.7. The van der Waals surface area contributed by atoms with Crippen LogP contribution in [0, 0.1) is 17.7 Å². The van der Waals surface area contributed by atoms with Crippen LogP contribution < -0.4 is 0 Å². The Morgan fingerprint density at radius 1 is 1.00 bits per heavy atom. The highest BCUT2D eigenvalue weighted by Gasteiger charge is 2.09. The van der Waals surface area contributed by atoms with E-state index in [4.69, 9.17) is 23.2 Å². The van der Waals surface area contributed by atoms with Crippen molar-refractivity contribution in [2.24, 2.45) is 0 Å². The van der Waals surface area contributed by atoms with E-state index in [-0.39, 0.29) is 10.0 Å². The van der Waals surface area contributed by atoms with Crippen LogP contribution in [0.1, 0.15) is 0 Å². The summed E-state index contributed by atoms with van der Waals surface area (Å²) in [6, 6.07) is 9.02. The summed E-state index contributed by atoms with van der Waals surface area (Å²) in [5.74, 6) is -1.31. The Hall–Kier alpha value is -1.12. The largest absolute Gasteiger partial charge is 0.207 e. The predicted molar refractivity (Wildman–Crippen MR) is 60.7 cm³/mol. The number of rotatable bonds is 1.